The van der Waals surface area contributed by atoms with Gasteiger partial charge < -0.3 is 10.2 Å². The van der Waals surface area contributed by atoms with Crippen LogP contribution in [0.25, 0.3) is 0 Å². The van der Waals surface area contributed by atoms with Crippen molar-refractivity contribution < 1.29 is 0 Å². The maximum Gasteiger partial charge on any atom is 0.00187 e. The first kappa shape index (κ1) is 13.0. The SMILES string of the molecule is CCCCCCN(C)CC1CCCNC1. The molecule has 0 aliphatic carbocycles. The zero-order chi connectivity index (χ0) is 10.9. The predicted octanol–water partition coefficient (Wildman–Crippen LogP) is 2.50. The second-order valence-corrected chi connectivity index (χ2v) is 5.04. The molecule has 1 heterocycles. The highest BCUT2D eigenvalue weighted by molar-refractivity contribution is 4.71. The van der Waals surface area contributed by atoms with Gasteiger partial charge in [-0.05, 0) is 51.9 Å². The van der Waals surface area contributed by atoms with Crippen LogP contribution in [-0.4, -0.2) is 38.1 Å². The van der Waals surface area contributed by atoms with Gasteiger partial charge in [0.15, 0.2) is 0 Å². The van der Waals surface area contributed by atoms with Crippen molar-refractivity contribution >= 4 is 0 Å². The minimum atomic E-state index is 0.898. The summed E-state index contributed by atoms with van der Waals surface area (Å²) in [4.78, 5) is 2.52. The molecule has 0 bridgehead atoms. The van der Waals surface area contributed by atoms with Crippen LogP contribution >= 0.6 is 0 Å². The fourth-order valence-corrected chi connectivity index (χ4v) is 2.42. The van der Waals surface area contributed by atoms with E-state index in [9.17, 15) is 0 Å². The van der Waals surface area contributed by atoms with Gasteiger partial charge in [-0.25, -0.2) is 0 Å². The fraction of sp³-hybridized carbons (Fsp3) is 1.00. The first-order chi connectivity index (χ1) is 7.33. The highest BCUT2D eigenvalue weighted by atomic mass is 15.1. The van der Waals surface area contributed by atoms with Gasteiger partial charge in [0.05, 0.1) is 0 Å². The summed E-state index contributed by atoms with van der Waals surface area (Å²) in [5, 5.41) is 3.49. The number of unbranched alkanes of at least 4 members (excludes halogenated alkanes) is 3. The fourth-order valence-electron chi connectivity index (χ4n) is 2.42. The zero-order valence-electron chi connectivity index (χ0n) is 10.6. The topological polar surface area (TPSA) is 15.3 Å². The molecule has 1 atom stereocenters. The lowest BCUT2D eigenvalue weighted by molar-refractivity contribution is 0.239. The van der Waals surface area contributed by atoms with Crippen LogP contribution in [0.4, 0.5) is 0 Å². The van der Waals surface area contributed by atoms with Crippen molar-refractivity contribution in [2.45, 2.75) is 45.4 Å². The summed E-state index contributed by atoms with van der Waals surface area (Å²) in [7, 11) is 2.28. The third-order valence-electron chi connectivity index (χ3n) is 3.36. The Kier molecular flexibility index (Phi) is 7.03. The Morgan fingerprint density at radius 2 is 2.13 bits per heavy atom. The summed E-state index contributed by atoms with van der Waals surface area (Å²) in [6.07, 6.45) is 8.32. The summed E-state index contributed by atoms with van der Waals surface area (Å²) in [6, 6.07) is 0. The van der Waals surface area contributed by atoms with Gasteiger partial charge in [-0.1, -0.05) is 26.2 Å². The number of piperidine rings is 1. The van der Waals surface area contributed by atoms with Crippen LogP contribution in [0.5, 0.6) is 0 Å². The summed E-state index contributed by atoms with van der Waals surface area (Å²) >= 11 is 0. The number of hydrogen-bond donors (Lipinski definition) is 1. The molecule has 0 saturated carbocycles. The van der Waals surface area contributed by atoms with Crippen LogP contribution in [0.3, 0.4) is 0 Å². The Morgan fingerprint density at radius 1 is 1.27 bits per heavy atom. The lowest BCUT2D eigenvalue weighted by Crippen LogP contribution is -2.37. The first-order valence-electron chi connectivity index (χ1n) is 6.72. The minimum Gasteiger partial charge on any atom is -0.316 e. The molecule has 2 nitrogen and oxygen atoms in total. The number of nitrogens with zero attached hydrogens (tertiary/aromatic N) is 1. The van der Waals surface area contributed by atoms with Crippen molar-refractivity contribution in [1.82, 2.24) is 10.2 Å². The van der Waals surface area contributed by atoms with Crippen molar-refractivity contribution in [3.8, 4) is 0 Å². The van der Waals surface area contributed by atoms with Crippen LogP contribution in [-0.2, 0) is 0 Å². The van der Waals surface area contributed by atoms with E-state index >= 15 is 0 Å². The molecular formula is C13H28N2. The number of rotatable bonds is 7. The van der Waals surface area contributed by atoms with E-state index in [0.717, 1.165) is 5.92 Å². The van der Waals surface area contributed by atoms with E-state index in [1.807, 2.05) is 0 Å². The van der Waals surface area contributed by atoms with E-state index in [2.05, 4.69) is 24.2 Å². The zero-order valence-corrected chi connectivity index (χ0v) is 10.6. The number of nitrogens with one attached hydrogen (secondary N) is 1. The Morgan fingerprint density at radius 3 is 2.80 bits per heavy atom. The third kappa shape index (κ3) is 6.16. The molecule has 1 aliphatic rings. The van der Waals surface area contributed by atoms with E-state index in [-0.39, 0.29) is 0 Å². The van der Waals surface area contributed by atoms with E-state index in [4.69, 9.17) is 0 Å². The molecule has 1 aliphatic heterocycles. The number of hydrogen-bond acceptors (Lipinski definition) is 2. The second kappa shape index (κ2) is 8.12. The maximum atomic E-state index is 3.49. The molecule has 0 radical (unpaired) electrons. The monoisotopic (exact) mass is 212 g/mol. The molecule has 1 fully saturated rings. The summed E-state index contributed by atoms with van der Waals surface area (Å²) in [5.74, 6) is 0.898. The van der Waals surface area contributed by atoms with Crippen LogP contribution in [0.1, 0.15) is 45.4 Å². The van der Waals surface area contributed by atoms with E-state index < -0.39 is 0 Å². The molecule has 0 amide bonds. The predicted molar refractivity (Wildman–Crippen MR) is 67.2 cm³/mol. The smallest absolute Gasteiger partial charge is 0.00187 e. The quantitative estimate of drug-likeness (QED) is 0.652. The molecule has 2 heteroatoms. The van der Waals surface area contributed by atoms with Crippen molar-refractivity contribution in [3.05, 3.63) is 0 Å². The van der Waals surface area contributed by atoms with Gasteiger partial charge in [0.2, 0.25) is 0 Å². The van der Waals surface area contributed by atoms with Crippen molar-refractivity contribution in [1.29, 1.82) is 0 Å². The van der Waals surface area contributed by atoms with Crippen molar-refractivity contribution in [3.63, 3.8) is 0 Å². The van der Waals surface area contributed by atoms with Crippen molar-refractivity contribution in [2.24, 2.45) is 5.92 Å². The normalized spacial score (nSPS) is 22.2. The van der Waals surface area contributed by atoms with Crippen LogP contribution < -0.4 is 5.32 Å². The average Bonchev–Trinajstić information content (AvgIpc) is 2.26. The van der Waals surface area contributed by atoms with Gasteiger partial charge in [0, 0.05) is 6.54 Å². The van der Waals surface area contributed by atoms with Gasteiger partial charge in [-0.15, -0.1) is 0 Å². The largest absolute Gasteiger partial charge is 0.316 e. The molecule has 1 unspecified atom stereocenters. The van der Waals surface area contributed by atoms with Crippen LogP contribution in [0.15, 0.2) is 0 Å². The van der Waals surface area contributed by atoms with Crippen molar-refractivity contribution in [2.75, 3.05) is 33.2 Å². The molecule has 15 heavy (non-hydrogen) atoms. The molecule has 0 aromatic carbocycles. The molecule has 1 saturated heterocycles. The molecule has 1 N–H and O–H groups in total. The van der Waals surface area contributed by atoms with Gasteiger partial charge in [-0.2, -0.15) is 0 Å². The Balaban J connectivity index is 1.98. The van der Waals surface area contributed by atoms with Gasteiger partial charge in [0.25, 0.3) is 0 Å². The van der Waals surface area contributed by atoms with Gasteiger partial charge in [0.1, 0.15) is 0 Å². The highest BCUT2D eigenvalue weighted by Gasteiger charge is 2.14. The lowest BCUT2D eigenvalue weighted by Gasteiger charge is -2.27. The molecular weight excluding hydrogens is 184 g/mol. The molecule has 0 aromatic heterocycles. The first-order valence-corrected chi connectivity index (χ1v) is 6.72. The highest BCUT2D eigenvalue weighted by Crippen LogP contribution is 2.11. The molecule has 0 spiro atoms. The third-order valence-corrected chi connectivity index (χ3v) is 3.36. The standard InChI is InChI=1S/C13H28N2/c1-3-4-5-6-10-15(2)12-13-8-7-9-14-11-13/h13-14H,3-12H2,1-2H3. The van der Waals surface area contributed by atoms with E-state index in [1.54, 1.807) is 0 Å². The molecule has 0 aromatic rings. The Bertz CT molecular complexity index is 141. The lowest BCUT2D eigenvalue weighted by atomic mass is 9.99. The summed E-state index contributed by atoms with van der Waals surface area (Å²) < 4.78 is 0. The second-order valence-electron chi connectivity index (χ2n) is 5.04. The van der Waals surface area contributed by atoms with Gasteiger partial charge in [-0.3, -0.25) is 0 Å². The van der Waals surface area contributed by atoms with Crippen LogP contribution in [0.2, 0.25) is 0 Å². The van der Waals surface area contributed by atoms with Crippen LogP contribution in [0, 0.1) is 5.92 Å². The minimum absolute atomic E-state index is 0.898. The Hall–Kier alpha value is -0.0800. The summed E-state index contributed by atoms with van der Waals surface area (Å²) in [5.41, 5.74) is 0. The molecule has 1 rings (SSSR count). The maximum absolute atomic E-state index is 3.49. The van der Waals surface area contributed by atoms with E-state index in [1.165, 1.54) is 64.7 Å². The molecule has 90 valence electrons. The van der Waals surface area contributed by atoms with E-state index in [0.29, 0.717) is 0 Å². The Labute approximate surface area is 95.4 Å². The average molecular weight is 212 g/mol. The summed E-state index contributed by atoms with van der Waals surface area (Å²) in [6.45, 7) is 7.32. The van der Waals surface area contributed by atoms with Gasteiger partial charge >= 0.3 is 0 Å².